The minimum Gasteiger partial charge on any atom is -0.504 e. The molecule has 1 atom stereocenters. The third-order valence-electron chi connectivity index (χ3n) is 3.88. The van der Waals surface area contributed by atoms with Gasteiger partial charge in [0.15, 0.2) is 11.5 Å². The number of hydrogen-bond donors (Lipinski definition) is 4. The number of benzene rings is 2. The molecule has 118 valence electrons. The van der Waals surface area contributed by atoms with Crippen LogP contribution in [0.15, 0.2) is 48.7 Å². The molecule has 5 heteroatoms. The van der Waals surface area contributed by atoms with Crippen molar-refractivity contribution in [2.45, 2.75) is 13.3 Å². The van der Waals surface area contributed by atoms with Crippen LogP contribution in [0.25, 0.3) is 10.9 Å². The monoisotopic (exact) mass is 310 g/mol. The van der Waals surface area contributed by atoms with E-state index in [0.29, 0.717) is 6.42 Å². The van der Waals surface area contributed by atoms with Crippen LogP contribution in [0, 0.1) is 5.92 Å². The van der Waals surface area contributed by atoms with Crippen molar-refractivity contribution in [3.05, 3.63) is 54.2 Å². The largest absolute Gasteiger partial charge is 0.504 e. The van der Waals surface area contributed by atoms with Gasteiger partial charge in [0.05, 0.1) is 5.69 Å². The minimum absolute atomic E-state index is 0.0951. The van der Waals surface area contributed by atoms with Crippen LogP contribution in [0.1, 0.15) is 12.5 Å². The summed E-state index contributed by atoms with van der Waals surface area (Å²) in [6.07, 6.45) is 2.25. The fraction of sp³-hybridized carbons (Fsp3) is 0.167. The molecule has 3 aromatic rings. The molecule has 5 nitrogen and oxygen atoms in total. The molecule has 0 spiro atoms. The lowest BCUT2D eigenvalue weighted by Crippen LogP contribution is -2.22. The number of aromatic amines is 1. The zero-order valence-electron chi connectivity index (χ0n) is 12.7. The lowest BCUT2D eigenvalue weighted by Gasteiger charge is -2.12. The number of para-hydroxylation sites is 1. The summed E-state index contributed by atoms with van der Waals surface area (Å²) in [4.78, 5) is 15.5. The van der Waals surface area contributed by atoms with Crippen molar-refractivity contribution in [1.82, 2.24) is 4.98 Å². The average Bonchev–Trinajstić information content (AvgIpc) is 2.94. The van der Waals surface area contributed by atoms with Gasteiger partial charge in [0.1, 0.15) is 0 Å². The number of anilines is 1. The second kappa shape index (κ2) is 6.04. The van der Waals surface area contributed by atoms with Crippen molar-refractivity contribution >= 4 is 22.5 Å². The van der Waals surface area contributed by atoms with Gasteiger partial charge in [-0.3, -0.25) is 4.79 Å². The number of aromatic nitrogens is 1. The van der Waals surface area contributed by atoms with E-state index >= 15 is 0 Å². The second-order valence-corrected chi connectivity index (χ2v) is 5.67. The Kier molecular flexibility index (Phi) is 3.93. The summed E-state index contributed by atoms with van der Waals surface area (Å²) >= 11 is 0. The first-order chi connectivity index (χ1) is 11.0. The molecule has 1 heterocycles. The average molecular weight is 310 g/mol. The molecule has 3 rings (SSSR count). The topological polar surface area (TPSA) is 85.3 Å². The van der Waals surface area contributed by atoms with Crippen molar-refractivity contribution < 1.29 is 15.0 Å². The number of fused-ring (bicyclic) bond motifs is 1. The highest BCUT2D eigenvalue weighted by atomic mass is 16.3. The molecule has 0 bridgehead atoms. The summed E-state index contributed by atoms with van der Waals surface area (Å²) in [5, 5.41) is 22.7. The van der Waals surface area contributed by atoms with Crippen LogP contribution >= 0.6 is 0 Å². The molecule has 1 amide bonds. The third kappa shape index (κ3) is 3.13. The molecule has 1 unspecified atom stereocenters. The number of rotatable bonds is 4. The molecule has 0 fully saturated rings. The van der Waals surface area contributed by atoms with Crippen molar-refractivity contribution in [2.24, 2.45) is 5.92 Å². The van der Waals surface area contributed by atoms with Gasteiger partial charge >= 0.3 is 0 Å². The number of aromatic hydroxyl groups is 2. The van der Waals surface area contributed by atoms with E-state index in [0.717, 1.165) is 22.2 Å². The molecule has 2 aromatic carbocycles. The maximum absolute atomic E-state index is 12.4. The van der Waals surface area contributed by atoms with Gasteiger partial charge in [-0.25, -0.2) is 0 Å². The molecule has 0 aliphatic rings. The number of H-pyrrole nitrogens is 1. The summed E-state index contributed by atoms with van der Waals surface area (Å²) in [5.41, 5.74) is 2.52. The molecule has 0 radical (unpaired) electrons. The summed E-state index contributed by atoms with van der Waals surface area (Å²) in [6, 6.07) is 12.4. The number of nitrogens with one attached hydrogen (secondary N) is 2. The molecule has 0 saturated carbocycles. The Morgan fingerprint density at radius 1 is 1.17 bits per heavy atom. The summed E-state index contributed by atoms with van der Waals surface area (Å²) in [5.74, 6) is -0.702. The molecule has 23 heavy (non-hydrogen) atoms. The zero-order chi connectivity index (χ0) is 16.4. The van der Waals surface area contributed by atoms with Crippen LogP contribution in [0.2, 0.25) is 0 Å². The summed E-state index contributed by atoms with van der Waals surface area (Å²) in [7, 11) is 0. The Balaban J connectivity index is 1.71. The third-order valence-corrected chi connectivity index (χ3v) is 3.88. The molecule has 1 aromatic heterocycles. The lowest BCUT2D eigenvalue weighted by atomic mass is 10.00. The number of carbonyl (C=O) groups excluding carboxylic acids is 1. The van der Waals surface area contributed by atoms with Gasteiger partial charge in [-0.1, -0.05) is 31.2 Å². The van der Waals surface area contributed by atoms with E-state index in [9.17, 15) is 15.0 Å². The summed E-state index contributed by atoms with van der Waals surface area (Å²) < 4.78 is 0. The van der Waals surface area contributed by atoms with Gasteiger partial charge < -0.3 is 20.5 Å². The van der Waals surface area contributed by atoms with Crippen LogP contribution in [-0.2, 0) is 11.2 Å². The molecule has 0 aliphatic heterocycles. The Labute approximate surface area is 133 Å². The van der Waals surface area contributed by atoms with E-state index in [4.69, 9.17) is 0 Å². The number of phenols is 2. The van der Waals surface area contributed by atoms with Crippen molar-refractivity contribution in [3.8, 4) is 11.5 Å². The maximum Gasteiger partial charge on any atom is 0.227 e. The second-order valence-electron chi connectivity index (χ2n) is 5.67. The van der Waals surface area contributed by atoms with Crippen molar-refractivity contribution in [1.29, 1.82) is 0 Å². The van der Waals surface area contributed by atoms with Gasteiger partial charge in [0.25, 0.3) is 0 Å². The standard InChI is InChI=1S/C18H18N2O3/c1-11(8-12-6-7-16(21)17(22)9-12)18(23)20-15-10-19-14-5-3-2-4-13(14)15/h2-7,9-11,19,21-22H,8H2,1H3,(H,20,23). The van der Waals surface area contributed by atoms with Gasteiger partial charge in [-0.05, 0) is 30.2 Å². The maximum atomic E-state index is 12.4. The van der Waals surface area contributed by atoms with Crippen molar-refractivity contribution in [2.75, 3.05) is 5.32 Å². The number of phenolic OH excluding ortho intramolecular Hbond substituents is 2. The predicted octanol–water partition coefficient (Wildman–Crippen LogP) is 3.40. The number of hydrogen-bond acceptors (Lipinski definition) is 3. The van der Waals surface area contributed by atoms with Gasteiger partial charge in [-0.2, -0.15) is 0 Å². The Hall–Kier alpha value is -2.95. The Morgan fingerprint density at radius 2 is 1.96 bits per heavy atom. The van der Waals surface area contributed by atoms with E-state index in [1.807, 2.05) is 31.2 Å². The van der Waals surface area contributed by atoms with Gasteiger partial charge in [0.2, 0.25) is 5.91 Å². The zero-order valence-corrected chi connectivity index (χ0v) is 12.7. The minimum atomic E-state index is -0.271. The highest BCUT2D eigenvalue weighted by Crippen LogP contribution is 2.27. The normalized spacial score (nSPS) is 12.2. The lowest BCUT2D eigenvalue weighted by molar-refractivity contribution is -0.119. The molecule has 4 N–H and O–H groups in total. The van der Waals surface area contributed by atoms with Gasteiger partial charge in [-0.15, -0.1) is 0 Å². The van der Waals surface area contributed by atoms with Crippen LogP contribution in [0.3, 0.4) is 0 Å². The highest BCUT2D eigenvalue weighted by molar-refractivity contribution is 6.02. The van der Waals surface area contributed by atoms with E-state index < -0.39 is 0 Å². The van der Waals surface area contributed by atoms with Crippen LogP contribution in [0.5, 0.6) is 11.5 Å². The molecular weight excluding hydrogens is 292 g/mol. The fourth-order valence-corrected chi connectivity index (χ4v) is 2.57. The molecule has 0 saturated heterocycles. The number of carbonyl (C=O) groups is 1. The Morgan fingerprint density at radius 3 is 2.74 bits per heavy atom. The first-order valence-electron chi connectivity index (χ1n) is 7.42. The quantitative estimate of drug-likeness (QED) is 0.557. The smallest absolute Gasteiger partial charge is 0.227 e. The Bertz CT molecular complexity index is 854. The van der Waals surface area contributed by atoms with E-state index in [-0.39, 0.29) is 23.3 Å². The fourth-order valence-electron chi connectivity index (χ4n) is 2.57. The van der Waals surface area contributed by atoms with Crippen LogP contribution in [-0.4, -0.2) is 21.1 Å². The SMILES string of the molecule is CC(Cc1ccc(O)c(O)c1)C(=O)Nc1c[nH]c2ccccc12. The highest BCUT2D eigenvalue weighted by Gasteiger charge is 2.16. The van der Waals surface area contributed by atoms with Crippen LogP contribution < -0.4 is 5.32 Å². The first kappa shape index (κ1) is 15.0. The first-order valence-corrected chi connectivity index (χ1v) is 7.42. The van der Waals surface area contributed by atoms with Gasteiger partial charge in [0, 0.05) is 23.0 Å². The van der Waals surface area contributed by atoms with E-state index in [1.165, 1.54) is 12.1 Å². The van der Waals surface area contributed by atoms with Crippen LogP contribution in [0.4, 0.5) is 5.69 Å². The van der Waals surface area contributed by atoms with E-state index in [2.05, 4.69) is 10.3 Å². The van der Waals surface area contributed by atoms with E-state index in [1.54, 1.807) is 12.3 Å². The number of amides is 1. The van der Waals surface area contributed by atoms with Crippen molar-refractivity contribution in [3.63, 3.8) is 0 Å². The molecule has 0 aliphatic carbocycles. The molecular formula is C18H18N2O3. The summed E-state index contributed by atoms with van der Waals surface area (Å²) in [6.45, 7) is 1.83. The predicted molar refractivity (Wildman–Crippen MR) is 89.6 cm³/mol.